The summed E-state index contributed by atoms with van der Waals surface area (Å²) in [5.41, 5.74) is 1.58. The minimum atomic E-state index is -1.67. The average molecular weight is 301 g/mol. The molecule has 2 heteroatoms. The molecule has 0 aromatic carbocycles. The molecule has 0 spiro atoms. The van der Waals surface area contributed by atoms with Crippen LogP contribution in [0.2, 0.25) is 19.3 Å². The van der Waals surface area contributed by atoms with Crippen LogP contribution < -0.4 is 0 Å². The Balaban J connectivity index is 2.56. The van der Waals surface area contributed by atoms with Gasteiger partial charge >= 0.3 is 92.0 Å². The molecule has 1 rings (SSSR count). The molecule has 0 aliphatic heterocycles. The fraction of sp³-hybridized carbons (Fsp3) is 0.750. The van der Waals surface area contributed by atoms with Gasteiger partial charge in [0.15, 0.2) is 0 Å². The summed E-state index contributed by atoms with van der Waals surface area (Å²) in [5.74, 6) is 0.725. The van der Waals surface area contributed by atoms with Gasteiger partial charge in [-0.2, -0.15) is 0 Å². The molecule has 1 nitrogen and oxygen atoms in total. The Morgan fingerprint density at radius 3 is 2.64 bits per heavy atom. The standard InChI is InChI=1S/C9H13O.3CH3.Sn/c1-7-4-3-5-9(6-7)8(2)10;;;;/h4,9H,1,3,5-6H2,2H3;3*1H3;. The number of hydrogen-bond donors (Lipinski definition) is 0. The number of carbonyl (C=O) groups excluding carboxylic acids is 1. The van der Waals surface area contributed by atoms with Gasteiger partial charge in [-0.25, -0.2) is 0 Å². The molecule has 1 aliphatic carbocycles. The van der Waals surface area contributed by atoms with E-state index < -0.39 is 18.4 Å². The summed E-state index contributed by atoms with van der Waals surface area (Å²) < 4.78 is 1.35. The summed E-state index contributed by atoms with van der Waals surface area (Å²) >= 11 is -1.67. The van der Waals surface area contributed by atoms with Crippen molar-refractivity contribution in [2.24, 2.45) is 5.92 Å². The van der Waals surface area contributed by atoms with Crippen LogP contribution in [-0.4, -0.2) is 24.2 Å². The summed E-state index contributed by atoms with van der Waals surface area (Å²) in [5, 5.41) is 0. The van der Waals surface area contributed by atoms with Gasteiger partial charge in [0.1, 0.15) is 0 Å². The Morgan fingerprint density at radius 1 is 1.50 bits per heavy atom. The molecule has 0 heterocycles. The second-order valence-electron chi connectivity index (χ2n) is 5.69. The van der Waals surface area contributed by atoms with E-state index in [1.807, 2.05) is 0 Å². The van der Waals surface area contributed by atoms with E-state index in [9.17, 15) is 4.79 Å². The van der Waals surface area contributed by atoms with Gasteiger partial charge in [-0.05, 0) is 0 Å². The first-order valence-corrected chi connectivity index (χ1v) is 16.1. The second-order valence-corrected chi connectivity index (χ2v) is 21.3. The van der Waals surface area contributed by atoms with E-state index in [1.54, 1.807) is 12.5 Å². The van der Waals surface area contributed by atoms with Crippen LogP contribution in [0.5, 0.6) is 0 Å². The molecule has 0 aromatic heterocycles. The van der Waals surface area contributed by atoms with Crippen molar-refractivity contribution in [2.75, 3.05) is 0 Å². The Bertz CT molecular complexity index is 248. The summed E-state index contributed by atoms with van der Waals surface area (Å²) in [6, 6.07) is 0. The summed E-state index contributed by atoms with van der Waals surface area (Å²) in [7, 11) is 0. The second kappa shape index (κ2) is 4.82. The minimum absolute atomic E-state index is 0.337. The predicted molar refractivity (Wildman–Crippen MR) is 64.3 cm³/mol. The third kappa shape index (κ3) is 4.16. The number of hydrogen-bond acceptors (Lipinski definition) is 1. The Morgan fingerprint density at radius 2 is 2.14 bits per heavy atom. The summed E-state index contributed by atoms with van der Waals surface area (Å²) in [6.07, 6.45) is 5.66. The van der Waals surface area contributed by atoms with Crippen LogP contribution in [-0.2, 0) is 4.79 Å². The number of carbonyl (C=O) groups is 1. The van der Waals surface area contributed by atoms with E-state index in [0.717, 1.165) is 19.3 Å². The number of Topliss-reactive ketones (excluding diaryl/α,β-unsaturated/α-hetero) is 1. The van der Waals surface area contributed by atoms with Crippen LogP contribution in [0.4, 0.5) is 0 Å². The van der Waals surface area contributed by atoms with Gasteiger partial charge in [0, 0.05) is 0 Å². The maximum atomic E-state index is 11.3. The van der Waals surface area contributed by atoms with Crippen LogP contribution in [0.15, 0.2) is 11.6 Å². The number of allylic oxidation sites excluding steroid dienone is 2. The van der Waals surface area contributed by atoms with Crippen LogP contribution in [0.1, 0.15) is 26.2 Å². The van der Waals surface area contributed by atoms with Gasteiger partial charge in [0.25, 0.3) is 0 Å². The van der Waals surface area contributed by atoms with E-state index >= 15 is 0 Å². The van der Waals surface area contributed by atoms with E-state index in [1.165, 1.54) is 4.44 Å². The van der Waals surface area contributed by atoms with E-state index in [4.69, 9.17) is 0 Å². The zero-order chi connectivity index (χ0) is 10.8. The Kier molecular flexibility index (Phi) is 4.23. The average Bonchev–Trinajstić information content (AvgIpc) is 2.01. The normalized spacial score (nSPS) is 23.1. The molecule has 0 fully saturated rings. The zero-order valence-electron chi connectivity index (χ0n) is 9.89. The molecule has 0 bridgehead atoms. The first-order chi connectivity index (χ1) is 6.38. The Hall–Kier alpha value is 0.209. The third-order valence-corrected chi connectivity index (χ3v) is 7.11. The Labute approximate surface area is 91.8 Å². The van der Waals surface area contributed by atoms with Crippen LogP contribution in [0.25, 0.3) is 0 Å². The van der Waals surface area contributed by atoms with Crippen molar-refractivity contribution in [3.8, 4) is 0 Å². The van der Waals surface area contributed by atoms with Gasteiger partial charge in [-0.3, -0.25) is 0 Å². The molecule has 1 atom stereocenters. The fourth-order valence-corrected chi connectivity index (χ4v) is 6.88. The van der Waals surface area contributed by atoms with Crippen LogP contribution in [0.3, 0.4) is 0 Å². The van der Waals surface area contributed by atoms with Crippen molar-refractivity contribution >= 4 is 24.2 Å². The first-order valence-electron chi connectivity index (χ1n) is 5.57. The van der Waals surface area contributed by atoms with Crippen LogP contribution >= 0.6 is 0 Å². The first kappa shape index (κ1) is 12.3. The van der Waals surface area contributed by atoms with Gasteiger partial charge in [0.2, 0.25) is 0 Å². The molecule has 0 radical (unpaired) electrons. The van der Waals surface area contributed by atoms with E-state index in [2.05, 4.69) is 20.9 Å². The molecule has 1 unspecified atom stereocenters. The summed E-state index contributed by atoms with van der Waals surface area (Å²) in [6.45, 7) is 1.74. The molecule has 14 heavy (non-hydrogen) atoms. The van der Waals surface area contributed by atoms with Gasteiger partial charge in [-0.15, -0.1) is 0 Å². The van der Waals surface area contributed by atoms with E-state index in [-0.39, 0.29) is 0 Å². The van der Waals surface area contributed by atoms with Gasteiger partial charge < -0.3 is 0 Å². The molecule has 80 valence electrons. The third-order valence-electron chi connectivity index (χ3n) is 2.79. The van der Waals surface area contributed by atoms with Crippen molar-refractivity contribution in [3.05, 3.63) is 11.6 Å². The molecular weight excluding hydrogens is 279 g/mol. The number of rotatable bonds is 3. The van der Waals surface area contributed by atoms with E-state index in [0.29, 0.717) is 11.7 Å². The van der Waals surface area contributed by atoms with Crippen LogP contribution in [0, 0.1) is 5.92 Å². The predicted octanol–water partition coefficient (Wildman–Crippen LogP) is 3.64. The number of ketones is 1. The zero-order valence-corrected chi connectivity index (χ0v) is 12.7. The monoisotopic (exact) mass is 302 g/mol. The maximum absolute atomic E-state index is 11.3. The van der Waals surface area contributed by atoms with Crippen molar-refractivity contribution in [1.29, 1.82) is 0 Å². The van der Waals surface area contributed by atoms with Gasteiger partial charge in [-0.1, -0.05) is 0 Å². The van der Waals surface area contributed by atoms with Gasteiger partial charge in [0.05, 0.1) is 0 Å². The summed E-state index contributed by atoms with van der Waals surface area (Å²) in [4.78, 5) is 18.7. The SMILES string of the molecule is CC(=O)C1CCC=C([CH2][Sn]([CH3])([CH3])[CH3])C1. The molecule has 0 saturated heterocycles. The quantitative estimate of drug-likeness (QED) is 0.574. The van der Waals surface area contributed by atoms with Crippen molar-refractivity contribution in [1.82, 2.24) is 0 Å². The molecule has 1 aliphatic rings. The molecule has 0 amide bonds. The van der Waals surface area contributed by atoms with Crippen molar-refractivity contribution in [3.63, 3.8) is 0 Å². The van der Waals surface area contributed by atoms with Crippen molar-refractivity contribution < 1.29 is 4.79 Å². The molecule has 0 N–H and O–H groups in total. The molecular formula is C12H22OSn. The van der Waals surface area contributed by atoms with Crippen molar-refractivity contribution in [2.45, 2.75) is 45.4 Å². The fourth-order valence-electron chi connectivity index (χ4n) is 2.16. The molecule has 0 saturated carbocycles. The topological polar surface area (TPSA) is 17.1 Å². The molecule has 0 aromatic rings.